The summed E-state index contributed by atoms with van der Waals surface area (Å²) in [5, 5.41) is 3.27. The van der Waals surface area contributed by atoms with Crippen LogP contribution in [0, 0.1) is 0 Å². The maximum atomic E-state index is 11.8. The van der Waals surface area contributed by atoms with E-state index in [2.05, 4.69) is 22.2 Å². The minimum absolute atomic E-state index is 0. The molecule has 0 bridgehead atoms. The Balaban J connectivity index is 0.00000180. The van der Waals surface area contributed by atoms with Crippen LogP contribution in [0.5, 0.6) is 0 Å². The van der Waals surface area contributed by atoms with E-state index in [9.17, 15) is 8.42 Å². The summed E-state index contributed by atoms with van der Waals surface area (Å²) in [6.45, 7) is 4.37. The lowest BCUT2D eigenvalue weighted by molar-refractivity contribution is 0.473. The van der Waals surface area contributed by atoms with Crippen molar-refractivity contribution in [3.8, 4) is 0 Å². The zero-order valence-electron chi connectivity index (χ0n) is 11.1. The summed E-state index contributed by atoms with van der Waals surface area (Å²) < 4.78 is 27.4. The number of nitrogens with one attached hydrogen (secondary N) is 2. The molecule has 108 valence electrons. The van der Waals surface area contributed by atoms with Crippen LogP contribution in [0.1, 0.15) is 23.6 Å². The second kappa shape index (κ2) is 6.67. The molecule has 1 aromatic rings. The highest BCUT2D eigenvalue weighted by molar-refractivity contribution is 7.87. The van der Waals surface area contributed by atoms with Gasteiger partial charge in [-0.15, -0.1) is 12.4 Å². The van der Waals surface area contributed by atoms with E-state index in [0.717, 1.165) is 18.7 Å². The lowest BCUT2D eigenvalue weighted by Crippen LogP contribution is -2.37. The van der Waals surface area contributed by atoms with Crippen LogP contribution in [0.4, 0.5) is 0 Å². The Morgan fingerprint density at radius 3 is 2.68 bits per heavy atom. The average molecular weight is 306 g/mol. The summed E-state index contributed by atoms with van der Waals surface area (Å²) in [5.74, 6) is 0. The predicted molar refractivity (Wildman–Crippen MR) is 78.3 cm³/mol. The van der Waals surface area contributed by atoms with E-state index in [4.69, 9.17) is 0 Å². The summed E-state index contributed by atoms with van der Waals surface area (Å²) in [5.41, 5.74) is 3.55. The van der Waals surface area contributed by atoms with Crippen LogP contribution >= 0.6 is 12.4 Å². The molecule has 0 radical (unpaired) electrons. The number of halogens is 1. The van der Waals surface area contributed by atoms with Gasteiger partial charge in [0.25, 0.3) is 10.2 Å². The summed E-state index contributed by atoms with van der Waals surface area (Å²) in [6.07, 6.45) is 0. The van der Waals surface area contributed by atoms with Gasteiger partial charge >= 0.3 is 0 Å². The van der Waals surface area contributed by atoms with E-state index >= 15 is 0 Å². The normalized spacial score (nSPS) is 14.3. The monoisotopic (exact) mass is 305 g/mol. The van der Waals surface area contributed by atoms with Gasteiger partial charge in [0.1, 0.15) is 0 Å². The third-order valence-corrected chi connectivity index (χ3v) is 4.80. The number of rotatable bonds is 5. The van der Waals surface area contributed by atoms with Crippen molar-refractivity contribution < 1.29 is 8.42 Å². The molecule has 0 amide bonds. The molecule has 2 rings (SSSR count). The predicted octanol–water partition coefficient (Wildman–Crippen LogP) is 0.998. The van der Waals surface area contributed by atoms with Crippen molar-refractivity contribution in [2.45, 2.75) is 26.6 Å². The number of fused-ring (bicyclic) bond motifs is 1. The molecule has 5 nitrogen and oxygen atoms in total. The second-order valence-corrected chi connectivity index (χ2v) is 6.31. The fourth-order valence-corrected chi connectivity index (χ4v) is 2.82. The molecular weight excluding hydrogens is 286 g/mol. The molecule has 0 unspecified atom stereocenters. The first kappa shape index (κ1) is 16.4. The van der Waals surface area contributed by atoms with Crippen molar-refractivity contribution in [2.75, 3.05) is 13.6 Å². The van der Waals surface area contributed by atoms with Crippen LogP contribution in [-0.4, -0.2) is 26.3 Å². The second-order valence-electron chi connectivity index (χ2n) is 4.45. The van der Waals surface area contributed by atoms with Crippen LogP contribution in [0.15, 0.2) is 18.2 Å². The van der Waals surface area contributed by atoms with Crippen molar-refractivity contribution in [1.29, 1.82) is 0 Å². The van der Waals surface area contributed by atoms with Crippen molar-refractivity contribution in [3.05, 3.63) is 34.9 Å². The zero-order valence-corrected chi connectivity index (χ0v) is 12.8. The van der Waals surface area contributed by atoms with Gasteiger partial charge in [0, 0.05) is 33.2 Å². The standard InChI is InChI=1S/C12H19N3O2S.ClH/c1-3-15(2)18(16,17)14-7-10-4-5-11-8-13-9-12(11)6-10;/h4-6,13-14H,3,7-9H2,1-2H3;1H. The topological polar surface area (TPSA) is 61.4 Å². The molecule has 0 fully saturated rings. The summed E-state index contributed by atoms with van der Waals surface area (Å²) in [6, 6.07) is 6.09. The van der Waals surface area contributed by atoms with E-state index in [0.29, 0.717) is 13.1 Å². The number of benzene rings is 1. The maximum Gasteiger partial charge on any atom is 0.279 e. The van der Waals surface area contributed by atoms with Crippen LogP contribution in [0.25, 0.3) is 0 Å². The molecule has 2 N–H and O–H groups in total. The Morgan fingerprint density at radius 2 is 2.00 bits per heavy atom. The summed E-state index contributed by atoms with van der Waals surface area (Å²) >= 11 is 0. The molecule has 0 saturated heterocycles. The van der Waals surface area contributed by atoms with Crippen LogP contribution in [0.3, 0.4) is 0 Å². The zero-order chi connectivity index (χ0) is 13.2. The SMILES string of the molecule is CCN(C)S(=O)(=O)NCc1ccc2c(c1)CNC2.Cl. The average Bonchev–Trinajstić information content (AvgIpc) is 2.82. The van der Waals surface area contributed by atoms with Gasteiger partial charge in [0.15, 0.2) is 0 Å². The molecule has 0 aliphatic carbocycles. The van der Waals surface area contributed by atoms with Crippen molar-refractivity contribution in [3.63, 3.8) is 0 Å². The highest BCUT2D eigenvalue weighted by atomic mass is 35.5. The van der Waals surface area contributed by atoms with Crippen molar-refractivity contribution in [1.82, 2.24) is 14.3 Å². The van der Waals surface area contributed by atoms with Gasteiger partial charge in [-0.2, -0.15) is 17.4 Å². The van der Waals surface area contributed by atoms with Crippen LogP contribution in [0.2, 0.25) is 0 Å². The molecule has 19 heavy (non-hydrogen) atoms. The third-order valence-electron chi connectivity index (χ3n) is 3.22. The third kappa shape index (κ3) is 3.90. The van der Waals surface area contributed by atoms with Crippen LogP contribution in [-0.2, 0) is 29.8 Å². The van der Waals surface area contributed by atoms with Gasteiger partial charge in [0.2, 0.25) is 0 Å². The lowest BCUT2D eigenvalue weighted by atomic mass is 10.1. The van der Waals surface area contributed by atoms with Gasteiger partial charge in [0.05, 0.1) is 0 Å². The minimum atomic E-state index is -3.35. The van der Waals surface area contributed by atoms with E-state index in [-0.39, 0.29) is 12.4 Å². The molecule has 0 saturated carbocycles. The first-order valence-corrected chi connectivity index (χ1v) is 7.49. The van der Waals surface area contributed by atoms with Gasteiger partial charge in [-0.1, -0.05) is 25.1 Å². The van der Waals surface area contributed by atoms with E-state index in [1.165, 1.54) is 15.4 Å². The van der Waals surface area contributed by atoms with Crippen molar-refractivity contribution in [2.24, 2.45) is 0 Å². The van der Waals surface area contributed by atoms with Crippen LogP contribution < -0.4 is 10.0 Å². The summed E-state index contributed by atoms with van der Waals surface area (Å²) in [7, 11) is -1.79. The first-order valence-electron chi connectivity index (χ1n) is 6.05. The number of hydrogen-bond acceptors (Lipinski definition) is 3. The Kier molecular flexibility index (Phi) is 5.76. The van der Waals surface area contributed by atoms with Gasteiger partial charge < -0.3 is 5.32 Å². The quantitative estimate of drug-likeness (QED) is 0.853. The van der Waals surface area contributed by atoms with E-state index in [1.54, 1.807) is 14.0 Å². The molecule has 1 aliphatic heterocycles. The van der Waals surface area contributed by atoms with E-state index < -0.39 is 10.2 Å². The molecule has 0 aromatic heterocycles. The maximum absolute atomic E-state index is 11.8. The highest BCUT2D eigenvalue weighted by Crippen LogP contribution is 2.17. The van der Waals surface area contributed by atoms with Gasteiger partial charge in [-0.05, 0) is 16.7 Å². The first-order chi connectivity index (χ1) is 8.53. The van der Waals surface area contributed by atoms with Crippen molar-refractivity contribution >= 4 is 22.6 Å². The molecule has 1 aliphatic rings. The molecule has 7 heteroatoms. The largest absolute Gasteiger partial charge is 0.309 e. The fraction of sp³-hybridized carbons (Fsp3) is 0.500. The Bertz CT molecular complexity index is 534. The molecule has 1 aromatic carbocycles. The highest BCUT2D eigenvalue weighted by Gasteiger charge is 2.15. The molecular formula is C12H20ClN3O2S. The molecule has 0 atom stereocenters. The Hall–Kier alpha value is -0.660. The fourth-order valence-electron chi connectivity index (χ4n) is 1.91. The minimum Gasteiger partial charge on any atom is -0.309 e. The summed E-state index contributed by atoms with van der Waals surface area (Å²) in [4.78, 5) is 0. The smallest absolute Gasteiger partial charge is 0.279 e. The van der Waals surface area contributed by atoms with Gasteiger partial charge in [-0.3, -0.25) is 0 Å². The lowest BCUT2D eigenvalue weighted by Gasteiger charge is -2.15. The Morgan fingerprint density at radius 1 is 1.32 bits per heavy atom. The Labute approximate surface area is 121 Å². The number of nitrogens with zero attached hydrogens (tertiary/aromatic N) is 1. The molecule has 1 heterocycles. The van der Waals surface area contributed by atoms with Gasteiger partial charge in [-0.25, -0.2) is 0 Å². The van der Waals surface area contributed by atoms with E-state index in [1.807, 2.05) is 6.07 Å². The number of hydrogen-bond donors (Lipinski definition) is 2. The molecule has 0 spiro atoms.